The number of aromatic nitrogens is 1. The average molecular weight is 512 g/mol. The van der Waals surface area contributed by atoms with E-state index >= 15 is 0 Å². The first-order valence-corrected chi connectivity index (χ1v) is 13.6. The van der Waals surface area contributed by atoms with E-state index in [0.29, 0.717) is 0 Å². The molecule has 2 aromatic heterocycles. The fraction of sp³-hybridized carbons (Fsp3) is 0. The van der Waals surface area contributed by atoms with E-state index in [1.54, 1.807) is 0 Å². The molecule has 2 heteroatoms. The first-order valence-electron chi connectivity index (χ1n) is 13.6. The van der Waals surface area contributed by atoms with Crippen molar-refractivity contribution in [1.29, 1.82) is 0 Å². The van der Waals surface area contributed by atoms with Crippen LogP contribution < -0.4 is 0 Å². The third-order valence-corrected chi connectivity index (χ3v) is 7.82. The maximum absolute atomic E-state index is 6.87. The molecule has 0 saturated heterocycles. The van der Waals surface area contributed by atoms with E-state index in [9.17, 15) is 0 Å². The topological polar surface area (TPSA) is 18.1 Å². The molecule has 0 amide bonds. The SMILES string of the molecule is c1ccc(-c2ccc(-n3c4ccccc4c4c5oc(-c6ccccc6)c(-c6ccccc6)c5ccc43)cc2)cc1. The van der Waals surface area contributed by atoms with E-state index in [4.69, 9.17) is 4.42 Å². The van der Waals surface area contributed by atoms with Gasteiger partial charge in [-0.25, -0.2) is 0 Å². The average Bonchev–Trinajstić information content (AvgIpc) is 3.59. The minimum absolute atomic E-state index is 0.901. The third-order valence-electron chi connectivity index (χ3n) is 7.82. The third kappa shape index (κ3) is 3.50. The number of para-hydroxylation sites is 1. The molecule has 8 rings (SSSR count). The van der Waals surface area contributed by atoms with Crippen molar-refractivity contribution < 1.29 is 4.42 Å². The van der Waals surface area contributed by atoms with Crippen molar-refractivity contribution in [3.8, 4) is 39.3 Å². The van der Waals surface area contributed by atoms with Gasteiger partial charge in [0.1, 0.15) is 11.3 Å². The number of nitrogens with zero attached hydrogens (tertiary/aromatic N) is 1. The minimum atomic E-state index is 0.901. The zero-order valence-corrected chi connectivity index (χ0v) is 21.8. The molecule has 0 aliphatic rings. The normalized spacial score (nSPS) is 11.5. The van der Waals surface area contributed by atoms with Gasteiger partial charge < -0.3 is 8.98 Å². The Kier molecular flexibility index (Phi) is 5.17. The molecule has 0 N–H and O–H groups in total. The molecule has 8 aromatic rings. The lowest BCUT2D eigenvalue weighted by atomic mass is 9.98. The van der Waals surface area contributed by atoms with Crippen LogP contribution in [0, 0.1) is 0 Å². The molecule has 0 fully saturated rings. The summed E-state index contributed by atoms with van der Waals surface area (Å²) < 4.78 is 9.23. The molecular formula is C38H25NO. The summed E-state index contributed by atoms with van der Waals surface area (Å²) in [4.78, 5) is 0. The molecule has 2 nitrogen and oxygen atoms in total. The van der Waals surface area contributed by atoms with Crippen LogP contribution in [0.5, 0.6) is 0 Å². The van der Waals surface area contributed by atoms with Gasteiger partial charge in [0.05, 0.1) is 16.4 Å². The lowest BCUT2D eigenvalue weighted by molar-refractivity contribution is 0.636. The molecule has 188 valence electrons. The first kappa shape index (κ1) is 22.6. The van der Waals surface area contributed by atoms with Crippen LogP contribution in [0.25, 0.3) is 72.0 Å². The molecular weight excluding hydrogens is 486 g/mol. The lowest BCUT2D eigenvalue weighted by Gasteiger charge is -2.09. The lowest BCUT2D eigenvalue weighted by Crippen LogP contribution is -1.93. The maximum Gasteiger partial charge on any atom is 0.145 e. The largest absolute Gasteiger partial charge is 0.455 e. The fourth-order valence-electron chi connectivity index (χ4n) is 6.00. The van der Waals surface area contributed by atoms with E-state index in [-0.39, 0.29) is 0 Å². The number of furan rings is 1. The molecule has 0 spiro atoms. The quantitative estimate of drug-likeness (QED) is 0.230. The second kappa shape index (κ2) is 9.14. The highest BCUT2D eigenvalue weighted by Crippen LogP contribution is 2.45. The smallest absolute Gasteiger partial charge is 0.145 e. The molecule has 0 bridgehead atoms. The highest BCUT2D eigenvalue weighted by atomic mass is 16.3. The van der Waals surface area contributed by atoms with Crippen LogP contribution in [0.2, 0.25) is 0 Å². The van der Waals surface area contributed by atoms with Crippen molar-refractivity contribution in [2.45, 2.75) is 0 Å². The van der Waals surface area contributed by atoms with Crippen LogP contribution in [0.4, 0.5) is 0 Å². The van der Waals surface area contributed by atoms with Crippen LogP contribution >= 0.6 is 0 Å². The summed E-state index contributed by atoms with van der Waals surface area (Å²) in [6.45, 7) is 0. The maximum atomic E-state index is 6.87. The van der Waals surface area contributed by atoms with Crippen LogP contribution in [0.15, 0.2) is 156 Å². The minimum Gasteiger partial charge on any atom is -0.455 e. The number of benzene rings is 6. The molecule has 2 heterocycles. The predicted molar refractivity (Wildman–Crippen MR) is 167 cm³/mol. The number of fused-ring (bicyclic) bond motifs is 5. The Balaban J connectivity index is 1.42. The Morgan fingerprint density at radius 2 is 0.975 bits per heavy atom. The highest BCUT2D eigenvalue weighted by molar-refractivity contribution is 6.22. The summed E-state index contributed by atoms with van der Waals surface area (Å²) in [5, 5.41) is 3.45. The fourth-order valence-corrected chi connectivity index (χ4v) is 6.00. The molecule has 6 aromatic carbocycles. The molecule has 0 saturated carbocycles. The highest BCUT2D eigenvalue weighted by Gasteiger charge is 2.22. The molecule has 0 radical (unpaired) electrons. The Morgan fingerprint density at radius 3 is 1.68 bits per heavy atom. The predicted octanol–water partition coefficient (Wildman–Crippen LogP) is 10.5. The summed E-state index contributed by atoms with van der Waals surface area (Å²) >= 11 is 0. The van der Waals surface area contributed by atoms with Crippen molar-refractivity contribution in [1.82, 2.24) is 4.57 Å². The van der Waals surface area contributed by atoms with Crippen LogP contribution in [-0.4, -0.2) is 4.57 Å². The number of rotatable bonds is 4. The van der Waals surface area contributed by atoms with Gasteiger partial charge in [-0.3, -0.25) is 0 Å². The Labute approximate surface area is 232 Å². The van der Waals surface area contributed by atoms with Gasteiger partial charge >= 0.3 is 0 Å². The molecule has 0 unspecified atom stereocenters. The van der Waals surface area contributed by atoms with E-state index in [1.807, 2.05) is 6.07 Å². The standard InChI is InChI=1S/C38H25NO/c1-4-12-26(13-5-1)27-20-22-30(23-21-27)39-33-19-11-10-18-31(33)36-34(39)25-24-32-35(28-14-6-2-7-15-28)37(40-38(32)36)29-16-8-3-9-17-29/h1-25H. The zero-order valence-electron chi connectivity index (χ0n) is 21.8. The summed E-state index contributed by atoms with van der Waals surface area (Å²) in [7, 11) is 0. The van der Waals surface area contributed by atoms with E-state index in [1.165, 1.54) is 16.5 Å². The van der Waals surface area contributed by atoms with Gasteiger partial charge in [-0.05, 0) is 47.0 Å². The van der Waals surface area contributed by atoms with Gasteiger partial charge in [0.2, 0.25) is 0 Å². The monoisotopic (exact) mass is 511 g/mol. The van der Waals surface area contributed by atoms with Crippen LogP contribution in [0.1, 0.15) is 0 Å². The molecule has 0 aliphatic carbocycles. The van der Waals surface area contributed by atoms with Gasteiger partial charge in [-0.15, -0.1) is 0 Å². The first-order chi connectivity index (χ1) is 19.9. The van der Waals surface area contributed by atoms with Crippen molar-refractivity contribution >= 4 is 32.8 Å². The van der Waals surface area contributed by atoms with Gasteiger partial charge in [-0.2, -0.15) is 0 Å². The van der Waals surface area contributed by atoms with E-state index in [0.717, 1.165) is 55.5 Å². The summed E-state index contributed by atoms with van der Waals surface area (Å²) in [6.07, 6.45) is 0. The van der Waals surface area contributed by atoms with Crippen molar-refractivity contribution in [2.24, 2.45) is 0 Å². The number of hydrogen-bond acceptors (Lipinski definition) is 1. The zero-order chi connectivity index (χ0) is 26.5. The van der Waals surface area contributed by atoms with Crippen molar-refractivity contribution in [3.63, 3.8) is 0 Å². The second-order valence-electron chi connectivity index (χ2n) is 10.1. The Bertz CT molecular complexity index is 2120. The summed E-state index contributed by atoms with van der Waals surface area (Å²) in [5.74, 6) is 0.901. The Hall–Kier alpha value is -5.34. The van der Waals surface area contributed by atoms with Crippen molar-refractivity contribution in [2.75, 3.05) is 0 Å². The van der Waals surface area contributed by atoms with Gasteiger partial charge in [-0.1, -0.05) is 121 Å². The number of hydrogen-bond donors (Lipinski definition) is 0. The second-order valence-corrected chi connectivity index (χ2v) is 10.1. The molecule has 40 heavy (non-hydrogen) atoms. The van der Waals surface area contributed by atoms with Crippen molar-refractivity contribution in [3.05, 3.63) is 152 Å². The van der Waals surface area contributed by atoms with E-state index < -0.39 is 0 Å². The van der Waals surface area contributed by atoms with Crippen LogP contribution in [0.3, 0.4) is 0 Å². The van der Waals surface area contributed by atoms with Gasteiger partial charge in [0.25, 0.3) is 0 Å². The van der Waals surface area contributed by atoms with Crippen LogP contribution in [-0.2, 0) is 0 Å². The van der Waals surface area contributed by atoms with Gasteiger partial charge in [0, 0.05) is 27.6 Å². The Morgan fingerprint density at radius 1 is 0.400 bits per heavy atom. The van der Waals surface area contributed by atoms with Gasteiger partial charge in [0.15, 0.2) is 0 Å². The van der Waals surface area contributed by atoms with E-state index in [2.05, 4.69) is 150 Å². The molecule has 0 atom stereocenters. The summed E-state index contributed by atoms with van der Waals surface area (Å²) in [5.41, 5.74) is 10.1. The molecule has 0 aliphatic heterocycles. The summed E-state index contributed by atoms with van der Waals surface area (Å²) in [6, 6.07) is 53.5.